The number of amides is 1. The summed E-state index contributed by atoms with van der Waals surface area (Å²) in [5.74, 6) is -1.41. The molecule has 6 heteroatoms. The molecule has 0 aromatic rings. The van der Waals surface area contributed by atoms with E-state index in [4.69, 9.17) is 0 Å². The average Bonchev–Trinajstić information content (AvgIpc) is 1.87. The Morgan fingerprint density at radius 1 is 1.50 bits per heavy atom. The lowest BCUT2D eigenvalue weighted by Gasteiger charge is -2.11. The van der Waals surface area contributed by atoms with Gasteiger partial charge in [0, 0.05) is 0 Å². The molecule has 0 spiro atoms. The van der Waals surface area contributed by atoms with Crippen LogP contribution in [0.25, 0.3) is 0 Å². The Kier molecular flexibility index (Phi) is 3.14. The van der Waals surface area contributed by atoms with E-state index >= 15 is 0 Å². The Balaban J connectivity index is 3.76. The molecule has 0 saturated heterocycles. The highest BCUT2D eigenvalue weighted by atomic mass is 19.3. The van der Waals surface area contributed by atoms with E-state index in [0.717, 1.165) is 5.32 Å². The van der Waals surface area contributed by atoms with Crippen LogP contribution in [-0.2, 0) is 9.90 Å². The molecule has 0 fully saturated rings. The zero-order valence-electron chi connectivity index (χ0n) is 4.86. The number of rotatable bonds is 3. The summed E-state index contributed by atoms with van der Waals surface area (Å²) in [7, 11) is 0. The Labute approximate surface area is 54.8 Å². The number of alkyl halides is 3. The van der Waals surface area contributed by atoms with Crippen molar-refractivity contribution in [2.75, 3.05) is 13.3 Å². The van der Waals surface area contributed by atoms with E-state index in [-0.39, 0.29) is 0 Å². The Bertz CT molecular complexity index is 128. The van der Waals surface area contributed by atoms with Crippen LogP contribution in [0.2, 0.25) is 0 Å². The third-order valence-electron chi connectivity index (χ3n) is 0.621. The largest absolute Gasteiger partial charge is 0.353 e. The highest BCUT2D eigenvalue weighted by molar-refractivity contribution is 5.77. The van der Waals surface area contributed by atoms with Crippen molar-refractivity contribution in [3.63, 3.8) is 0 Å². The molecule has 59 valence electrons. The summed E-state index contributed by atoms with van der Waals surface area (Å²) in [6.45, 7) is -3.33. The van der Waals surface area contributed by atoms with Gasteiger partial charge in [0.1, 0.15) is 0 Å². The maximum atomic E-state index is 11.7. The minimum Gasteiger partial charge on any atom is -0.293 e. The molecule has 1 radical (unpaired) electrons. The van der Waals surface area contributed by atoms with Crippen LogP contribution >= 0.6 is 0 Å². The van der Waals surface area contributed by atoms with Crippen molar-refractivity contribution in [1.82, 2.24) is 5.32 Å². The molecule has 0 aromatic heterocycles. The van der Waals surface area contributed by atoms with Gasteiger partial charge in [-0.25, -0.2) is 9.50 Å². The lowest BCUT2D eigenvalue weighted by molar-refractivity contribution is -0.138. The quantitative estimate of drug-likeness (QED) is 0.578. The fraction of sp³-hybridized carbons (Fsp3) is 0.750. The van der Waals surface area contributed by atoms with Crippen molar-refractivity contribution in [3.05, 3.63) is 0 Å². The third-order valence-corrected chi connectivity index (χ3v) is 0.621. The first-order valence-electron chi connectivity index (χ1n) is 2.35. The second-order valence-corrected chi connectivity index (χ2v) is 1.53. The smallest absolute Gasteiger partial charge is 0.293 e. The molecule has 0 unspecified atom stereocenters. The van der Waals surface area contributed by atoms with Gasteiger partial charge in [-0.1, -0.05) is 0 Å². The number of nitrogens with one attached hydrogen (secondary N) is 1. The standard InChI is InChI=1S/C4H5F3NO2/c5-2-4(6,7)8-3(10)1-9/h1-2H2,(H,8,10). The fourth-order valence-corrected chi connectivity index (χ4v) is 0.273. The van der Waals surface area contributed by atoms with Crippen LogP contribution in [0.15, 0.2) is 0 Å². The highest BCUT2D eigenvalue weighted by Crippen LogP contribution is 2.08. The molecular weight excluding hydrogens is 151 g/mol. The van der Waals surface area contributed by atoms with E-state index in [2.05, 4.69) is 0 Å². The van der Waals surface area contributed by atoms with Gasteiger partial charge < -0.3 is 0 Å². The molecule has 0 heterocycles. The van der Waals surface area contributed by atoms with Gasteiger partial charge in [-0.05, 0) is 0 Å². The molecule has 0 aliphatic carbocycles. The first-order valence-corrected chi connectivity index (χ1v) is 2.35. The lowest BCUT2D eigenvalue weighted by Crippen LogP contribution is -2.43. The number of halogens is 3. The van der Waals surface area contributed by atoms with E-state index in [1.807, 2.05) is 0 Å². The van der Waals surface area contributed by atoms with Gasteiger partial charge in [0.15, 0.2) is 13.3 Å². The molecule has 1 N–H and O–H groups in total. The van der Waals surface area contributed by atoms with E-state index < -0.39 is 25.2 Å². The molecule has 0 rings (SSSR count). The molecule has 0 atom stereocenters. The van der Waals surface area contributed by atoms with Crippen LogP contribution in [0.3, 0.4) is 0 Å². The van der Waals surface area contributed by atoms with E-state index in [0.29, 0.717) is 0 Å². The van der Waals surface area contributed by atoms with Crippen molar-refractivity contribution < 1.29 is 23.1 Å². The monoisotopic (exact) mass is 156 g/mol. The number of carbonyl (C=O) groups excluding carboxylic acids is 1. The molecule has 10 heavy (non-hydrogen) atoms. The normalized spacial score (nSPS) is 11.2. The van der Waals surface area contributed by atoms with Crippen molar-refractivity contribution in [3.8, 4) is 0 Å². The van der Waals surface area contributed by atoms with Gasteiger partial charge in [0.25, 0.3) is 5.91 Å². The van der Waals surface area contributed by atoms with Crippen molar-refractivity contribution >= 4 is 5.91 Å². The van der Waals surface area contributed by atoms with Crippen LogP contribution in [-0.4, -0.2) is 25.2 Å². The van der Waals surface area contributed by atoms with Gasteiger partial charge in [-0.15, -0.1) is 0 Å². The van der Waals surface area contributed by atoms with Gasteiger partial charge in [0.2, 0.25) is 0 Å². The third kappa shape index (κ3) is 3.29. The van der Waals surface area contributed by atoms with Crippen molar-refractivity contribution in [1.29, 1.82) is 0 Å². The van der Waals surface area contributed by atoms with Crippen LogP contribution in [0, 0.1) is 0 Å². The Morgan fingerprint density at radius 3 is 2.30 bits per heavy atom. The predicted octanol–water partition coefficient (Wildman–Crippen LogP) is 0.0954. The van der Waals surface area contributed by atoms with Crippen molar-refractivity contribution in [2.24, 2.45) is 0 Å². The topological polar surface area (TPSA) is 49.0 Å². The minimum atomic E-state index is -3.90. The highest BCUT2D eigenvalue weighted by Gasteiger charge is 2.30. The molecule has 1 amide bonds. The van der Waals surface area contributed by atoms with Crippen LogP contribution in [0.4, 0.5) is 13.2 Å². The van der Waals surface area contributed by atoms with Gasteiger partial charge >= 0.3 is 6.05 Å². The first-order chi connectivity index (χ1) is 4.52. The summed E-state index contributed by atoms with van der Waals surface area (Å²) < 4.78 is 34.7. The fourth-order valence-electron chi connectivity index (χ4n) is 0.273. The molecule has 0 aromatic carbocycles. The molecule has 0 aliphatic rings. The number of carbonyl (C=O) groups is 1. The van der Waals surface area contributed by atoms with Crippen LogP contribution < -0.4 is 5.32 Å². The van der Waals surface area contributed by atoms with E-state index in [9.17, 15) is 23.1 Å². The zero-order chi connectivity index (χ0) is 8.20. The molecule has 3 nitrogen and oxygen atoms in total. The predicted molar refractivity (Wildman–Crippen MR) is 24.6 cm³/mol. The number of hydrogen-bond acceptors (Lipinski definition) is 1. The van der Waals surface area contributed by atoms with Gasteiger partial charge in [-0.3, -0.25) is 10.1 Å². The van der Waals surface area contributed by atoms with Crippen LogP contribution in [0.5, 0.6) is 0 Å². The maximum absolute atomic E-state index is 11.7. The van der Waals surface area contributed by atoms with Crippen molar-refractivity contribution in [2.45, 2.75) is 6.05 Å². The zero-order valence-corrected chi connectivity index (χ0v) is 4.86. The molecule has 0 bridgehead atoms. The second-order valence-electron chi connectivity index (χ2n) is 1.53. The summed E-state index contributed by atoms with van der Waals surface area (Å²) in [5.41, 5.74) is 0. The van der Waals surface area contributed by atoms with Gasteiger partial charge in [0.05, 0.1) is 0 Å². The maximum Gasteiger partial charge on any atom is 0.353 e. The SMILES string of the molecule is [O]CC(=O)NC(F)(F)CF. The summed E-state index contributed by atoms with van der Waals surface area (Å²) in [6.07, 6.45) is 0. The Hall–Kier alpha value is -0.780. The molecule has 0 aliphatic heterocycles. The molecular formula is C4H5F3NO2. The van der Waals surface area contributed by atoms with E-state index in [1.54, 1.807) is 0 Å². The summed E-state index contributed by atoms with van der Waals surface area (Å²) in [5, 5.41) is 10.5. The summed E-state index contributed by atoms with van der Waals surface area (Å²) in [4.78, 5) is 9.92. The minimum absolute atomic E-state index is 0.896. The Morgan fingerprint density at radius 2 is 2.00 bits per heavy atom. The summed E-state index contributed by atoms with van der Waals surface area (Å²) >= 11 is 0. The van der Waals surface area contributed by atoms with Crippen LogP contribution in [0.1, 0.15) is 0 Å². The second kappa shape index (κ2) is 3.40. The number of hydrogen-bond donors (Lipinski definition) is 1. The van der Waals surface area contributed by atoms with E-state index in [1.165, 1.54) is 0 Å². The first kappa shape index (κ1) is 9.22. The summed E-state index contributed by atoms with van der Waals surface area (Å²) in [6, 6.07) is -3.90. The molecule has 0 saturated carbocycles. The average molecular weight is 156 g/mol. The lowest BCUT2D eigenvalue weighted by atomic mass is 10.5. The van der Waals surface area contributed by atoms with Gasteiger partial charge in [-0.2, -0.15) is 8.78 Å².